The van der Waals surface area contributed by atoms with Gasteiger partial charge >= 0.3 is 6.09 Å². The largest absolute Gasteiger partial charge is 0.445 e. The second-order valence-corrected chi connectivity index (χ2v) is 32.8. The van der Waals surface area contributed by atoms with Gasteiger partial charge < -0.3 is 28.7 Å². The van der Waals surface area contributed by atoms with Crippen molar-refractivity contribution in [3.8, 4) is 0 Å². The Labute approximate surface area is 464 Å². The van der Waals surface area contributed by atoms with Crippen molar-refractivity contribution in [3.63, 3.8) is 0 Å². The molecule has 7 nitrogen and oxygen atoms in total. The van der Waals surface area contributed by atoms with E-state index in [0.29, 0.717) is 31.3 Å². The van der Waals surface area contributed by atoms with Crippen molar-refractivity contribution in [3.05, 3.63) is 157 Å². The van der Waals surface area contributed by atoms with E-state index < -0.39 is 22.7 Å². The zero-order valence-corrected chi connectivity index (χ0v) is 50.4. The molecular weight excluding hydrogens is 1030 g/mol. The van der Waals surface area contributed by atoms with Crippen LogP contribution in [0.15, 0.2) is 152 Å². The zero-order chi connectivity index (χ0) is 53.7. The lowest BCUT2D eigenvalue weighted by atomic mass is 10.0. The molecule has 5 aromatic carbocycles. The van der Waals surface area contributed by atoms with E-state index in [-0.39, 0.29) is 28.8 Å². The first-order valence-corrected chi connectivity index (χ1v) is 33.4. The SMILES string of the molecule is CC(C)(C)[Si](OC[C@H](Br)CCCCCCC[C@H](O)CCCCCCCCCCCCOC[C@H](CO[Si](c1ccccc1)(c1ccccc1)C(C)(C)C)NC(=O)OCc1ccccc1)(c1ccccc1)c1ccccc1. The predicted octanol–water partition coefficient (Wildman–Crippen LogP) is 14.6. The number of carbonyl (C=O) groups excluding carboxylic acids is 1. The van der Waals surface area contributed by atoms with Gasteiger partial charge in [0.1, 0.15) is 6.61 Å². The number of halogens is 1. The topological polar surface area (TPSA) is 86.3 Å². The first-order chi connectivity index (χ1) is 36.3. The quantitative estimate of drug-likeness (QED) is 0.0236. The van der Waals surface area contributed by atoms with Crippen molar-refractivity contribution < 1.29 is 28.2 Å². The molecule has 3 atom stereocenters. The highest BCUT2D eigenvalue weighted by Crippen LogP contribution is 2.38. The van der Waals surface area contributed by atoms with Crippen LogP contribution in [0.2, 0.25) is 10.1 Å². The zero-order valence-electron chi connectivity index (χ0n) is 46.8. The molecule has 0 aliphatic rings. The fourth-order valence-electron chi connectivity index (χ4n) is 10.8. The number of nitrogens with one attached hydrogen (secondary N) is 1. The molecule has 0 aliphatic heterocycles. The van der Waals surface area contributed by atoms with Crippen LogP contribution in [0, 0.1) is 0 Å². The minimum absolute atomic E-state index is 0.0142. The highest BCUT2D eigenvalue weighted by Gasteiger charge is 2.51. The Morgan fingerprint density at radius 1 is 0.480 bits per heavy atom. The van der Waals surface area contributed by atoms with Gasteiger partial charge in [-0.05, 0) is 62.1 Å². The summed E-state index contributed by atoms with van der Waals surface area (Å²) in [5.74, 6) is 0. The van der Waals surface area contributed by atoms with Crippen LogP contribution < -0.4 is 26.1 Å². The number of hydrogen-bond donors (Lipinski definition) is 2. The molecular formula is C65H94BrNO6Si2. The molecule has 0 aromatic heterocycles. The molecule has 75 heavy (non-hydrogen) atoms. The molecule has 2 N–H and O–H groups in total. The van der Waals surface area contributed by atoms with Gasteiger partial charge in [0.25, 0.3) is 16.6 Å². The average molecular weight is 1120 g/mol. The van der Waals surface area contributed by atoms with Gasteiger partial charge in [0.15, 0.2) is 0 Å². The van der Waals surface area contributed by atoms with Crippen molar-refractivity contribution in [1.82, 2.24) is 5.32 Å². The Balaban J connectivity index is 0.897. The molecule has 0 unspecified atom stereocenters. The first kappa shape index (κ1) is 62.0. The van der Waals surface area contributed by atoms with Gasteiger partial charge in [-0.3, -0.25) is 0 Å². The molecule has 5 rings (SSSR count). The number of unbranched alkanes of at least 4 members (excludes halogenated alkanes) is 13. The molecule has 10 heteroatoms. The van der Waals surface area contributed by atoms with Gasteiger partial charge in [0.2, 0.25) is 0 Å². The fourth-order valence-corrected chi connectivity index (χ4v) is 20.7. The standard InChI is InChI=1S/C65H94BrNO6Si2/c1-64(2,3)74(59-42-28-19-29-43-59,60-44-30-20-31-45-60)72-52-56(66)39-25-14-13-16-27-41-58(68)40-26-15-11-9-7-8-10-12-17-36-50-70-53-57(67-63(69)71-51-55-37-23-18-24-38-55)54-73-75(65(4,5)6,61-46-32-21-33-47-61)62-48-34-22-35-49-62/h18-24,28-35,37-38,42-49,56-58,68H,7-17,25-27,36,39-41,50-54H2,1-6H3,(H,67,69)/t56-,57-,58-/m1/s1. The Morgan fingerprint density at radius 3 is 1.23 bits per heavy atom. The van der Waals surface area contributed by atoms with Gasteiger partial charge in [0.05, 0.1) is 25.4 Å². The molecule has 0 radical (unpaired) electrons. The third-order valence-electron chi connectivity index (χ3n) is 14.8. The summed E-state index contributed by atoms with van der Waals surface area (Å²) >= 11 is 3.99. The van der Waals surface area contributed by atoms with Gasteiger partial charge in [-0.15, -0.1) is 0 Å². The van der Waals surface area contributed by atoms with Gasteiger partial charge in [-0.2, -0.15) is 0 Å². The molecule has 0 heterocycles. The van der Waals surface area contributed by atoms with Crippen molar-refractivity contribution in [2.45, 2.75) is 191 Å². The number of aliphatic hydroxyl groups is 1. The molecule has 0 fully saturated rings. The smallest absolute Gasteiger partial charge is 0.407 e. The summed E-state index contributed by atoms with van der Waals surface area (Å²) in [6, 6.07) is 52.4. The van der Waals surface area contributed by atoms with E-state index in [1.807, 2.05) is 42.5 Å². The van der Waals surface area contributed by atoms with E-state index in [4.69, 9.17) is 18.3 Å². The van der Waals surface area contributed by atoms with Crippen molar-refractivity contribution in [2.24, 2.45) is 0 Å². The number of carbonyl (C=O) groups is 1. The number of amides is 1. The second-order valence-electron chi connectivity index (χ2n) is 22.8. The summed E-state index contributed by atoms with van der Waals surface area (Å²) in [6.45, 7) is 16.0. The number of hydrogen-bond acceptors (Lipinski definition) is 6. The number of aliphatic hydroxyl groups excluding tert-OH is 1. The predicted molar refractivity (Wildman–Crippen MR) is 323 cm³/mol. The third-order valence-corrected chi connectivity index (χ3v) is 25.5. The maximum absolute atomic E-state index is 13.2. The lowest BCUT2D eigenvalue weighted by Gasteiger charge is -2.43. The summed E-state index contributed by atoms with van der Waals surface area (Å²) in [5, 5.41) is 18.6. The van der Waals surface area contributed by atoms with Gasteiger partial charge in [-0.25, -0.2) is 4.79 Å². The van der Waals surface area contributed by atoms with Crippen LogP contribution in [-0.2, 0) is 24.9 Å². The summed E-state index contributed by atoms with van der Waals surface area (Å²) in [5.41, 5.74) is 0.939. The van der Waals surface area contributed by atoms with Crippen LogP contribution in [0.3, 0.4) is 0 Å². The van der Waals surface area contributed by atoms with Crippen LogP contribution in [0.4, 0.5) is 4.79 Å². The van der Waals surface area contributed by atoms with Crippen LogP contribution in [0.25, 0.3) is 0 Å². The van der Waals surface area contributed by atoms with E-state index in [2.05, 4.69) is 172 Å². The molecule has 0 saturated heterocycles. The number of rotatable bonds is 36. The molecule has 5 aromatic rings. The average Bonchev–Trinajstić information content (AvgIpc) is 3.41. The fraction of sp³-hybridized carbons (Fsp3) is 0.523. The Hall–Kier alpha value is -3.88. The molecule has 1 amide bonds. The lowest BCUT2D eigenvalue weighted by molar-refractivity contribution is 0.0792. The molecule has 0 aliphatic carbocycles. The first-order valence-electron chi connectivity index (χ1n) is 28.6. The van der Waals surface area contributed by atoms with Crippen LogP contribution in [-0.4, -0.2) is 71.2 Å². The Bertz CT molecular complexity index is 2170. The van der Waals surface area contributed by atoms with Crippen LogP contribution >= 0.6 is 15.9 Å². The Morgan fingerprint density at radius 2 is 0.827 bits per heavy atom. The van der Waals surface area contributed by atoms with Crippen molar-refractivity contribution in [1.29, 1.82) is 0 Å². The number of benzene rings is 5. The monoisotopic (exact) mass is 1120 g/mol. The maximum atomic E-state index is 13.2. The number of ether oxygens (including phenoxy) is 2. The summed E-state index contributed by atoms with van der Waals surface area (Å²) in [6.07, 6.45) is 20.3. The highest BCUT2D eigenvalue weighted by molar-refractivity contribution is 9.09. The third kappa shape index (κ3) is 20.5. The van der Waals surface area contributed by atoms with Gasteiger partial charge in [0, 0.05) is 18.0 Å². The summed E-state index contributed by atoms with van der Waals surface area (Å²) < 4.78 is 26.3. The van der Waals surface area contributed by atoms with Crippen LogP contribution in [0.5, 0.6) is 0 Å². The lowest BCUT2D eigenvalue weighted by Crippen LogP contribution is -2.67. The number of alkyl halides is 1. The van der Waals surface area contributed by atoms with E-state index >= 15 is 0 Å². The Kier molecular flexibility index (Phi) is 27.6. The minimum Gasteiger partial charge on any atom is -0.445 e. The van der Waals surface area contributed by atoms with E-state index in [1.54, 1.807) is 0 Å². The van der Waals surface area contributed by atoms with E-state index in [1.165, 1.54) is 91.4 Å². The molecule has 410 valence electrons. The molecule has 0 spiro atoms. The van der Waals surface area contributed by atoms with Gasteiger partial charge in [-0.1, -0.05) is 299 Å². The minimum atomic E-state index is -2.82. The van der Waals surface area contributed by atoms with E-state index in [0.717, 1.165) is 50.5 Å². The summed E-state index contributed by atoms with van der Waals surface area (Å²) in [4.78, 5) is 13.5. The van der Waals surface area contributed by atoms with E-state index in [9.17, 15) is 9.90 Å². The van der Waals surface area contributed by atoms with Crippen LogP contribution in [0.1, 0.15) is 163 Å². The molecule has 0 bridgehead atoms. The molecule has 0 saturated carbocycles. The van der Waals surface area contributed by atoms with Crippen molar-refractivity contribution in [2.75, 3.05) is 26.4 Å². The van der Waals surface area contributed by atoms with Crippen molar-refractivity contribution >= 4 is 59.4 Å². The highest BCUT2D eigenvalue weighted by atomic mass is 79.9. The second kappa shape index (κ2) is 33.4. The number of alkyl carbamates (subject to hydrolysis) is 1. The summed E-state index contributed by atoms with van der Waals surface area (Å²) in [7, 11) is -5.33. The normalized spacial score (nSPS) is 13.5. The maximum Gasteiger partial charge on any atom is 0.407 e.